The Bertz CT molecular complexity index is 459. The number of amides is 1. The lowest BCUT2D eigenvalue weighted by molar-refractivity contribution is -0.114. The minimum absolute atomic E-state index is 0.0482. The van der Waals surface area contributed by atoms with Gasteiger partial charge in [-0.25, -0.2) is 0 Å². The van der Waals surface area contributed by atoms with Crippen LogP contribution in [0, 0.1) is 11.3 Å². The largest absolute Gasteiger partial charge is 0.322 e. The Hall–Kier alpha value is -1.38. The number of hydrogen-bond donors (Lipinski definition) is 2. The molecular weight excluding hydrogens is 222 g/mol. The van der Waals surface area contributed by atoms with E-state index in [1.807, 2.05) is 0 Å². The number of nitrogens with one attached hydrogen (secondary N) is 1. The summed E-state index contributed by atoms with van der Waals surface area (Å²) in [6.45, 7) is -0.0482. The normalized spacial score (nSPS) is 14.0. The molecule has 1 aromatic rings. The summed E-state index contributed by atoms with van der Waals surface area (Å²) < 4.78 is 0. The van der Waals surface area contributed by atoms with Crippen LogP contribution < -0.4 is 11.1 Å². The molecule has 0 bridgehead atoms. The Kier molecular flexibility index (Phi) is 3.22. The van der Waals surface area contributed by atoms with Gasteiger partial charge in [-0.15, -0.1) is 11.3 Å². The van der Waals surface area contributed by atoms with E-state index in [-0.39, 0.29) is 12.5 Å². The highest BCUT2D eigenvalue weighted by Gasteiger charge is 2.21. The second-order valence-electron chi connectivity index (χ2n) is 3.78. The zero-order chi connectivity index (χ0) is 11.5. The summed E-state index contributed by atoms with van der Waals surface area (Å²) in [5.41, 5.74) is 7.01. The van der Waals surface area contributed by atoms with Gasteiger partial charge in [0.05, 0.1) is 12.1 Å². The molecule has 0 saturated heterocycles. The van der Waals surface area contributed by atoms with Gasteiger partial charge in [0.25, 0.3) is 0 Å². The van der Waals surface area contributed by atoms with Crippen molar-refractivity contribution >= 4 is 22.2 Å². The van der Waals surface area contributed by atoms with Crippen molar-refractivity contribution in [1.82, 2.24) is 0 Å². The quantitative estimate of drug-likeness (QED) is 0.813. The zero-order valence-corrected chi connectivity index (χ0v) is 9.69. The molecule has 1 amide bonds. The van der Waals surface area contributed by atoms with Crippen molar-refractivity contribution in [1.29, 1.82) is 5.26 Å². The number of fused-ring (bicyclic) bond motifs is 1. The Morgan fingerprint density at radius 2 is 2.25 bits per heavy atom. The predicted molar refractivity (Wildman–Crippen MR) is 63.4 cm³/mol. The monoisotopic (exact) mass is 235 g/mol. The number of thiophene rings is 1. The second kappa shape index (κ2) is 4.64. The van der Waals surface area contributed by atoms with Crippen LogP contribution in [0.15, 0.2) is 0 Å². The zero-order valence-electron chi connectivity index (χ0n) is 8.88. The van der Waals surface area contributed by atoms with E-state index in [1.54, 1.807) is 0 Å². The maximum Gasteiger partial charge on any atom is 0.238 e. The minimum Gasteiger partial charge on any atom is -0.322 e. The van der Waals surface area contributed by atoms with Gasteiger partial charge in [0.15, 0.2) is 0 Å². The van der Waals surface area contributed by atoms with E-state index in [9.17, 15) is 4.79 Å². The van der Waals surface area contributed by atoms with Gasteiger partial charge in [-0.2, -0.15) is 5.26 Å². The molecule has 5 heteroatoms. The first kappa shape index (κ1) is 11.1. The van der Waals surface area contributed by atoms with Crippen molar-refractivity contribution in [3.05, 3.63) is 16.0 Å². The summed E-state index contributed by atoms with van der Waals surface area (Å²) in [7, 11) is 0. The lowest BCUT2D eigenvalue weighted by atomic mass is 9.96. The number of rotatable bonds is 2. The van der Waals surface area contributed by atoms with Crippen LogP contribution in [0.2, 0.25) is 0 Å². The third-order valence-corrected chi connectivity index (χ3v) is 3.93. The molecule has 0 saturated carbocycles. The molecule has 0 aliphatic heterocycles. The number of nitriles is 1. The summed E-state index contributed by atoms with van der Waals surface area (Å²) in [6, 6.07) is 2.19. The van der Waals surface area contributed by atoms with Crippen LogP contribution in [-0.4, -0.2) is 12.5 Å². The highest BCUT2D eigenvalue weighted by atomic mass is 32.1. The Labute approximate surface area is 98.1 Å². The van der Waals surface area contributed by atoms with Crippen molar-refractivity contribution in [2.45, 2.75) is 25.7 Å². The lowest BCUT2D eigenvalue weighted by Gasteiger charge is -2.09. The van der Waals surface area contributed by atoms with Gasteiger partial charge in [0.2, 0.25) is 5.91 Å². The molecule has 0 atom stereocenters. The summed E-state index contributed by atoms with van der Waals surface area (Å²) in [4.78, 5) is 12.5. The summed E-state index contributed by atoms with van der Waals surface area (Å²) in [5, 5.41) is 12.5. The van der Waals surface area contributed by atoms with Gasteiger partial charge < -0.3 is 11.1 Å². The molecule has 84 valence electrons. The molecule has 1 heterocycles. The molecule has 0 spiro atoms. The van der Waals surface area contributed by atoms with Gasteiger partial charge in [-0.3, -0.25) is 4.79 Å². The van der Waals surface area contributed by atoms with Crippen LogP contribution in [-0.2, 0) is 17.6 Å². The lowest BCUT2D eigenvalue weighted by Crippen LogP contribution is -2.21. The molecular formula is C11H13N3OS. The van der Waals surface area contributed by atoms with Crippen LogP contribution in [0.1, 0.15) is 28.8 Å². The number of carbonyl (C=O) groups is 1. The molecule has 2 rings (SSSR count). The predicted octanol–water partition coefficient (Wildman–Crippen LogP) is 1.40. The van der Waals surface area contributed by atoms with E-state index < -0.39 is 0 Å². The first-order valence-electron chi connectivity index (χ1n) is 5.30. The third-order valence-electron chi connectivity index (χ3n) is 2.72. The number of nitrogens with two attached hydrogens (primary N) is 1. The number of carbonyl (C=O) groups excluding carboxylic acids is 1. The maximum absolute atomic E-state index is 11.2. The highest BCUT2D eigenvalue weighted by Crippen LogP contribution is 2.37. The van der Waals surface area contributed by atoms with Crippen molar-refractivity contribution in [3.8, 4) is 6.07 Å². The standard InChI is InChI=1S/C11H13N3OS/c12-5-8-7-3-1-2-4-9(7)16-11(8)14-10(15)6-13/h1-4,6,13H2,(H,14,15). The molecule has 0 aromatic carbocycles. The van der Waals surface area contributed by atoms with E-state index in [0.29, 0.717) is 10.6 Å². The number of nitrogens with zero attached hydrogens (tertiary/aromatic N) is 1. The fraction of sp³-hybridized carbons (Fsp3) is 0.455. The van der Waals surface area contributed by atoms with Crippen LogP contribution >= 0.6 is 11.3 Å². The molecule has 0 fully saturated rings. The van der Waals surface area contributed by atoms with Gasteiger partial charge >= 0.3 is 0 Å². The SMILES string of the molecule is N#Cc1c(NC(=O)CN)sc2c1CCCC2. The van der Waals surface area contributed by atoms with Gasteiger partial charge in [-0.1, -0.05) is 0 Å². The van der Waals surface area contributed by atoms with Crippen LogP contribution in [0.4, 0.5) is 5.00 Å². The maximum atomic E-state index is 11.2. The molecule has 1 aromatic heterocycles. The molecule has 16 heavy (non-hydrogen) atoms. The molecule has 1 aliphatic rings. The average molecular weight is 235 g/mol. The summed E-state index contributed by atoms with van der Waals surface area (Å²) in [5.74, 6) is -0.241. The molecule has 1 aliphatic carbocycles. The third kappa shape index (κ3) is 1.94. The van der Waals surface area contributed by atoms with Gasteiger partial charge in [-0.05, 0) is 31.2 Å². The van der Waals surface area contributed by atoms with Crippen molar-refractivity contribution in [2.75, 3.05) is 11.9 Å². The highest BCUT2D eigenvalue weighted by molar-refractivity contribution is 7.16. The fourth-order valence-corrected chi connectivity index (χ4v) is 3.21. The Balaban J connectivity index is 2.35. The fourth-order valence-electron chi connectivity index (χ4n) is 1.95. The summed E-state index contributed by atoms with van der Waals surface area (Å²) >= 11 is 1.52. The van der Waals surface area contributed by atoms with E-state index in [4.69, 9.17) is 11.0 Å². The molecule has 3 N–H and O–H groups in total. The van der Waals surface area contributed by atoms with E-state index in [1.165, 1.54) is 22.6 Å². The van der Waals surface area contributed by atoms with E-state index >= 15 is 0 Å². The molecule has 4 nitrogen and oxygen atoms in total. The van der Waals surface area contributed by atoms with E-state index in [0.717, 1.165) is 24.8 Å². The number of anilines is 1. The molecule has 0 radical (unpaired) electrons. The average Bonchev–Trinajstić information content (AvgIpc) is 2.65. The second-order valence-corrected chi connectivity index (χ2v) is 4.88. The molecule has 0 unspecified atom stereocenters. The topological polar surface area (TPSA) is 78.9 Å². The van der Waals surface area contributed by atoms with E-state index in [2.05, 4.69) is 11.4 Å². The first-order chi connectivity index (χ1) is 7.76. The van der Waals surface area contributed by atoms with Crippen LogP contribution in [0.3, 0.4) is 0 Å². The van der Waals surface area contributed by atoms with Crippen molar-refractivity contribution in [3.63, 3.8) is 0 Å². The van der Waals surface area contributed by atoms with Crippen LogP contribution in [0.5, 0.6) is 0 Å². The Morgan fingerprint density at radius 1 is 1.50 bits per heavy atom. The smallest absolute Gasteiger partial charge is 0.238 e. The Morgan fingerprint density at radius 3 is 2.94 bits per heavy atom. The van der Waals surface area contributed by atoms with Gasteiger partial charge in [0, 0.05) is 4.88 Å². The minimum atomic E-state index is -0.241. The van der Waals surface area contributed by atoms with Gasteiger partial charge in [0.1, 0.15) is 11.1 Å². The van der Waals surface area contributed by atoms with Crippen molar-refractivity contribution in [2.24, 2.45) is 5.73 Å². The van der Waals surface area contributed by atoms with Crippen LogP contribution in [0.25, 0.3) is 0 Å². The number of hydrogen-bond acceptors (Lipinski definition) is 4. The number of aryl methyl sites for hydroxylation is 1. The first-order valence-corrected chi connectivity index (χ1v) is 6.12. The van der Waals surface area contributed by atoms with Crippen molar-refractivity contribution < 1.29 is 4.79 Å². The summed E-state index contributed by atoms with van der Waals surface area (Å²) in [6.07, 6.45) is 4.27.